The lowest BCUT2D eigenvalue weighted by Crippen LogP contribution is -2.18. The maximum absolute atomic E-state index is 12.7. The van der Waals surface area contributed by atoms with E-state index in [9.17, 15) is 13.2 Å². The number of thiophene rings is 1. The number of hydrogen-bond donors (Lipinski definition) is 1. The largest absolute Gasteiger partial charge is 0.416 e. The second kappa shape index (κ2) is 5.35. The lowest BCUT2D eigenvalue weighted by atomic mass is 9.98. The van der Waals surface area contributed by atoms with Crippen molar-refractivity contribution in [3.8, 4) is 0 Å². The highest BCUT2D eigenvalue weighted by Crippen LogP contribution is 2.33. The van der Waals surface area contributed by atoms with Gasteiger partial charge in [0, 0.05) is 4.88 Å². The van der Waals surface area contributed by atoms with Crippen molar-refractivity contribution in [3.05, 3.63) is 57.3 Å². The van der Waals surface area contributed by atoms with Crippen molar-refractivity contribution in [2.45, 2.75) is 19.1 Å². The second-order valence-corrected chi connectivity index (χ2v) is 5.40. The molecule has 5 heteroatoms. The van der Waals surface area contributed by atoms with Crippen LogP contribution in [0.15, 0.2) is 35.7 Å². The van der Waals surface area contributed by atoms with Gasteiger partial charge in [-0.15, -0.1) is 11.3 Å². The van der Waals surface area contributed by atoms with Gasteiger partial charge >= 0.3 is 6.18 Å². The molecule has 19 heavy (non-hydrogen) atoms. The summed E-state index contributed by atoms with van der Waals surface area (Å²) in [4.78, 5) is 1.11. The first-order valence-electron chi connectivity index (χ1n) is 5.82. The number of benzene rings is 1. The standard InChI is InChI=1S/C14H14F3NS/c1-9-12(6-7-19-9)13(18-2)10-4-3-5-11(8-10)14(15,16)17/h3-8,13,18H,1-2H3. The summed E-state index contributed by atoms with van der Waals surface area (Å²) in [6.45, 7) is 1.97. The average Bonchev–Trinajstić information content (AvgIpc) is 2.76. The number of alkyl halides is 3. The summed E-state index contributed by atoms with van der Waals surface area (Å²) in [6.07, 6.45) is -4.31. The Morgan fingerprint density at radius 3 is 2.47 bits per heavy atom. The van der Waals surface area contributed by atoms with Crippen LogP contribution in [0.25, 0.3) is 0 Å². The fourth-order valence-corrected chi connectivity index (χ4v) is 2.83. The van der Waals surface area contributed by atoms with E-state index in [1.54, 1.807) is 24.5 Å². The number of rotatable bonds is 3. The molecule has 0 saturated heterocycles. The van der Waals surface area contributed by atoms with E-state index in [2.05, 4.69) is 5.32 Å². The molecule has 0 aliphatic carbocycles. The van der Waals surface area contributed by atoms with Crippen molar-refractivity contribution < 1.29 is 13.2 Å². The molecular formula is C14H14F3NS. The Hall–Kier alpha value is -1.33. The molecule has 1 heterocycles. The van der Waals surface area contributed by atoms with Gasteiger partial charge in [-0.25, -0.2) is 0 Å². The third kappa shape index (κ3) is 2.98. The Balaban J connectivity index is 2.42. The molecule has 1 aromatic heterocycles. The Labute approximate surface area is 114 Å². The van der Waals surface area contributed by atoms with E-state index in [0.717, 1.165) is 16.5 Å². The van der Waals surface area contributed by atoms with Crippen LogP contribution >= 0.6 is 11.3 Å². The first kappa shape index (κ1) is 14.1. The SMILES string of the molecule is CNC(c1cccc(C(F)(F)F)c1)c1ccsc1C. The molecule has 0 aliphatic heterocycles. The van der Waals surface area contributed by atoms with Crippen LogP contribution in [-0.4, -0.2) is 7.05 Å². The monoisotopic (exact) mass is 285 g/mol. The van der Waals surface area contributed by atoms with Crippen LogP contribution in [0.5, 0.6) is 0 Å². The molecule has 0 radical (unpaired) electrons. The minimum absolute atomic E-state index is 0.214. The molecule has 0 spiro atoms. The third-order valence-corrected chi connectivity index (χ3v) is 3.91. The molecule has 1 atom stereocenters. The normalized spacial score (nSPS) is 13.5. The first-order valence-corrected chi connectivity index (χ1v) is 6.70. The van der Waals surface area contributed by atoms with Crippen molar-refractivity contribution >= 4 is 11.3 Å². The molecule has 1 N–H and O–H groups in total. The molecule has 2 rings (SSSR count). The summed E-state index contributed by atoms with van der Waals surface area (Å²) < 4.78 is 38.2. The van der Waals surface area contributed by atoms with E-state index in [1.807, 2.05) is 18.4 Å². The van der Waals surface area contributed by atoms with Crippen LogP contribution in [-0.2, 0) is 6.18 Å². The van der Waals surface area contributed by atoms with Gasteiger partial charge in [-0.3, -0.25) is 0 Å². The van der Waals surface area contributed by atoms with E-state index in [1.165, 1.54) is 12.1 Å². The smallest absolute Gasteiger partial charge is 0.309 e. The maximum atomic E-state index is 12.7. The topological polar surface area (TPSA) is 12.0 Å². The van der Waals surface area contributed by atoms with Gasteiger partial charge in [0.05, 0.1) is 11.6 Å². The van der Waals surface area contributed by atoms with Gasteiger partial charge in [0.1, 0.15) is 0 Å². The zero-order valence-electron chi connectivity index (χ0n) is 10.6. The Kier molecular flexibility index (Phi) is 3.96. The molecule has 1 nitrogen and oxygen atoms in total. The molecule has 0 amide bonds. The van der Waals surface area contributed by atoms with Crippen LogP contribution < -0.4 is 5.32 Å². The quantitative estimate of drug-likeness (QED) is 0.882. The minimum Gasteiger partial charge on any atom is -0.309 e. The van der Waals surface area contributed by atoms with Crippen molar-refractivity contribution in [3.63, 3.8) is 0 Å². The molecule has 0 bridgehead atoms. The predicted molar refractivity (Wildman–Crippen MR) is 71.4 cm³/mol. The summed E-state index contributed by atoms with van der Waals surface area (Å²) in [7, 11) is 1.75. The summed E-state index contributed by atoms with van der Waals surface area (Å²) >= 11 is 1.59. The Morgan fingerprint density at radius 2 is 1.95 bits per heavy atom. The summed E-state index contributed by atoms with van der Waals surface area (Å²) in [5, 5.41) is 5.03. The number of nitrogens with one attached hydrogen (secondary N) is 1. The zero-order chi connectivity index (χ0) is 14.0. The molecule has 1 aromatic carbocycles. The predicted octanol–water partition coefficient (Wildman–Crippen LogP) is 4.38. The zero-order valence-corrected chi connectivity index (χ0v) is 11.4. The van der Waals surface area contributed by atoms with Crippen LogP contribution in [0.1, 0.15) is 27.6 Å². The maximum Gasteiger partial charge on any atom is 0.416 e. The highest BCUT2D eigenvalue weighted by Gasteiger charge is 2.31. The number of hydrogen-bond acceptors (Lipinski definition) is 2. The van der Waals surface area contributed by atoms with Crippen LogP contribution in [0.2, 0.25) is 0 Å². The summed E-state index contributed by atoms with van der Waals surface area (Å²) in [5.74, 6) is 0. The van der Waals surface area contributed by atoms with Gasteiger partial charge < -0.3 is 5.32 Å². The van der Waals surface area contributed by atoms with Gasteiger partial charge in [-0.05, 0) is 48.7 Å². The van der Waals surface area contributed by atoms with Crippen molar-refractivity contribution in [1.29, 1.82) is 0 Å². The van der Waals surface area contributed by atoms with Gasteiger partial charge in [0.25, 0.3) is 0 Å². The van der Waals surface area contributed by atoms with Crippen LogP contribution in [0.4, 0.5) is 13.2 Å². The molecule has 1 unspecified atom stereocenters. The molecule has 102 valence electrons. The fraction of sp³-hybridized carbons (Fsp3) is 0.286. The van der Waals surface area contributed by atoms with Gasteiger partial charge in [0.2, 0.25) is 0 Å². The van der Waals surface area contributed by atoms with Gasteiger partial charge in [0.15, 0.2) is 0 Å². The second-order valence-electron chi connectivity index (χ2n) is 4.28. The average molecular weight is 285 g/mol. The molecule has 0 aliphatic rings. The van der Waals surface area contributed by atoms with E-state index in [4.69, 9.17) is 0 Å². The van der Waals surface area contributed by atoms with Crippen molar-refractivity contribution in [2.75, 3.05) is 7.05 Å². The Morgan fingerprint density at radius 1 is 1.21 bits per heavy atom. The number of halogens is 3. The molecular weight excluding hydrogens is 271 g/mol. The van der Waals surface area contributed by atoms with Crippen LogP contribution in [0.3, 0.4) is 0 Å². The van der Waals surface area contributed by atoms with Crippen LogP contribution in [0, 0.1) is 6.92 Å². The van der Waals surface area contributed by atoms with E-state index in [-0.39, 0.29) is 6.04 Å². The third-order valence-electron chi connectivity index (χ3n) is 3.05. The summed E-state index contributed by atoms with van der Waals surface area (Å²) in [6, 6.07) is 7.20. The minimum atomic E-state index is -4.31. The van der Waals surface area contributed by atoms with Gasteiger partial charge in [-0.1, -0.05) is 12.1 Å². The highest BCUT2D eigenvalue weighted by molar-refractivity contribution is 7.10. The highest BCUT2D eigenvalue weighted by atomic mass is 32.1. The first-order chi connectivity index (χ1) is 8.93. The van der Waals surface area contributed by atoms with E-state index in [0.29, 0.717) is 5.56 Å². The molecule has 0 saturated carbocycles. The number of aryl methyl sites for hydroxylation is 1. The van der Waals surface area contributed by atoms with Crippen molar-refractivity contribution in [2.24, 2.45) is 0 Å². The van der Waals surface area contributed by atoms with Crippen molar-refractivity contribution in [1.82, 2.24) is 5.32 Å². The lowest BCUT2D eigenvalue weighted by molar-refractivity contribution is -0.137. The van der Waals surface area contributed by atoms with E-state index < -0.39 is 11.7 Å². The fourth-order valence-electron chi connectivity index (χ4n) is 2.09. The Bertz CT molecular complexity index is 560. The summed E-state index contributed by atoms with van der Waals surface area (Å²) in [5.41, 5.74) is 1.03. The lowest BCUT2D eigenvalue weighted by Gasteiger charge is -2.18. The van der Waals surface area contributed by atoms with Gasteiger partial charge in [-0.2, -0.15) is 13.2 Å². The van der Waals surface area contributed by atoms with E-state index >= 15 is 0 Å². The molecule has 0 fully saturated rings. The molecule has 2 aromatic rings.